The molecule has 0 radical (unpaired) electrons. The molecule has 0 amide bonds. The normalized spacial score (nSPS) is 7.91. The van der Waals surface area contributed by atoms with E-state index in [0.717, 1.165) is 11.1 Å². The van der Waals surface area contributed by atoms with E-state index in [0.29, 0.717) is 5.57 Å². The van der Waals surface area contributed by atoms with Crippen LogP contribution >= 0.6 is 0 Å². The van der Waals surface area contributed by atoms with Crippen molar-refractivity contribution in [2.45, 2.75) is 27.7 Å². The van der Waals surface area contributed by atoms with E-state index in [1.807, 2.05) is 100 Å². The molecule has 2 aromatic carbocycles. The van der Waals surface area contributed by atoms with E-state index in [4.69, 9.17) is 10.5 Å². The highest BCUT2D eigenvalue weighted by Gasteiger charge is 2.10. The van der Waals surface area contributed by atoms with E-state index in [-0.39, 0.29) is 5.57 Å². The maximum atomic E-state index is 9.09. The van der Waals surface area contributed by atoms with E-state index >= 15 is 0 Å². The molecule has 112 valence electrons. The summed E-state index contributed by atoms with van der Waals surface area (Å²) in [6, 6.07) is 22.9. The van der Waals surface area contributed by atoms with Crippen molar-refractivity contribution in [3.63, 3.8) is 0 Å². The number of nitriles is 2. The number of nitrogens with zero attached hydrogens (tertiary/aromatic N) is 2. The highest BCUT2D eigenvalue weighted by Crippen LogP contribution is 2.26. The fourth-order valence-electron chi connectivity index (χ4n) is 1.80. The van der Waals surface area contributed by atoms with Gasteiger partial charge in [0.25, 0.3) is 0 Å². The molecule has 2 heteroatoms. The van der Waals surface area contributed by atoms with Crippen molar-refractivity contribution in [3.05, 3.63) is 77.4 Å². The Balaban J connectivity index is 0.00000102. The number of benzene rings is 2. The lowest BCUT2D eigenvalue weighted by Gasteiger charge is -2.07. The minimum atomic E-state index is 0.132. The van der Waals surface area contributed by atoms with Crippen LogP contribution in [-0.4, -0.2) is 0 Å². The summed E-state index contributed by atoms with van der Waals surface area (Å²) in [5.74, 6) is 0. The van der Waals surface area contributed by atoms with Gasteiger partial charge in [0.2, 0.25) is 0 Å². The summed E-state index contributed by atoms with van der Waals surface area (Å²) in [6.07, 6.45) is 0. The van der Waals surface area contributed by atoms with Gasteiger partial charge < -0.3 is 0 Å². The third-order valence-corrected chi connectivity index (χ3v) is 2.60. The Morgan fingerprint density at radius 2 is 0.955 bits per heavy atom. The van der Waals surface area contributed by atoms with E-state index < -0.39 is 0 Å². The SMILES string of the molecule is CC.CC.N#CC(C#N)=C(c1ccccc1)c1ccccc1. The predicted octanol–water partition coefficient (Wildman–Crippen LogP) is 5.59. The molecule has 22 heavy (non-hydrogen) atoms. The Kier molecular flexibility index (Phi) is 10.4. The summed E-state index contributed by atoms with van der Waals surface area (Å²) in [5.41, 5.74) is 2.57. The highest BCUT2D eigenvalue weighted by molar-refractivity contribution is 5.86. The second kappa shape index (κ2) is 11.9. The fourth-order valence-corrected chi connectivity index (χ4v) is 1.80. The first-order valence-corrected chi connectivity index (χ1v) is 7.52. The summed E-state index contributed by atoms with van der Waals surface area (Å²) in [7, 11) is 0. The lowest BCUT2D eigenvalue weighted by Crippen LogP contribution is -1.91. The third-order valence-electron chi connectivity index (χ3n) is 2.60. The summed E-state index contributed by atoms with van der Waals surface area (Å²) < 4.78 is 0. The molecule has 0 saturated carbocycles. The van der Waals surface area contributed by atoms with Crippen LogP contribution in [0.5, 0.6) is 0 Å². The van der Waals surface area contributed by atoms with Gasteiger partial charge in [-0.3, -0.25) is 0 Å². The van der Waals surface area contributed by atoms with Crippen LogP contribution in [0.1, 0.15) is 38.8 Å². The summed E-state index contributed by atoms with van der Waals surface area (Å²) in [4.78, 5) is 0. The maximum absolute atomic E-state index is 9.09. The Bertz CT molecular complexity index is 584. The molecule has 0 aliphatic carbocycles. The molecule has 2 rings (SSSR count). The van der Waals surface area contributed by atoms with Gasteiger partial charge in [-0.15, -0.1) is 0 Å². The van der Waals surface area contributed by atoms with Gasteiger partial charge in [-0.05, 0) is 11.1 Å². The molecule has 0 aliphatic heterocycles. The molecule has 0 aliphatic rings. The zero-order valence-electron chi connectivity index (χ0n) is 13.7. The molecular formula is C20H22N2. The molecule has 0 atom stereocenters. The maximum Gasteiger partial charge on any atom is 0.138 e. The van der Waals surface area contributed by atoms with Crippen LogP contribution in [0.15, 0.2) is 66.2 Å². The zero-order chi connectivity index (χ0) is 16.8. The average molecular weight is 290 g/mol. The number of hydrogen-bond acceptors (Lipinski definition) is 2. The molecule has 0 saturated heterocycles. The first-order valence-electron chi connectivity index (χ1n) is 7.52. The summed E-state index contributed by atoms with van der Waals surface area (Å²) >= 11 is 0. The monoisotopic (exact) mass is 290 g/mol. The van der Waals surface area contributed by atoms with E-state index in [1.165, 1.54) is 0 Å². The number of hydrogen-bond donors (Lipinski definition) is 0. The Hall–Kier alpha value is -2.84. The largest absolute Gasteiger partial charge is 0.192 e. The molecule has 0 fully saturated rings. The van der Waals surface area contributed by atoms with Gasteiger partial charge in [0.05, 0.1) is 0 Å². The van der Waals surface area contributed by atoms with E-state index in [9.17, 15) is 0 Å². The van der Waals surface area contributed by atoms with Crippen molar-refractivity contribution in [3.8, 4) is 12.1 Å². The van der Waals surface area contributed by atoms with Gasteiger partial charge in [0.1, 0.15) is 17.7 Å². The van der Waals surface area contributed by atoms with Gasteiger partial charge >= 0.3 is 0 Å². The molecule has 0 N–H and O–H groups in total. The van der Waals surface area contributed by atoms with Crippen molar-refractivity contribution in [1.29, 1.82) is 10.5 Å². The van der Waals surface area contributed by atoms with Gasteiger partial charge in [0.15, 0.2) is 0 Å². The Labute approximate surface area is 134 Å². The molecule has 2 nitrogen and oxygen atoms in total. The second-order valence-electron chi connectivity index (χ2n) is 3.71. The van der Waals surface area contributed by atoms with Crippen molar-refractivity contribution in [2.24, 2.45) is 0 Å². The van der Waals surface area contributed by atoms with Crippen LogP contribution < -0.4 is 0 Å². The first-order chi connectivity index (χ1) is 10.9. The quantitative estimate of drug-likeness (QED) is 0.677. The second-order valence-corrected chi connectivity index (χ2v) is 3.71. The standard InChI is InChI=1S/C16H10N2.2C2H6/c17-11-15(12-18)16(13-7-3-1-4-8-13)14-9-5-2-6-10-14;2*1-2/h1-10H;2*1-2H3. The summed E-state index contributed by atoms with van der Waals surface area (Å²) in [5, 5.41) is 18.2. The minimum Gasteiger partial charge on any atom is -0.192 e. The van der Waals surface area contributed by atoms with Gasteiger partial charge in [0, 0.05) is 5.57 Å². The van der Waals surface area contributed by atoms with Crippen LogP contribution in [-0.2, 0) is 0 Å². The Morgan fingerprint density at radius 1 is 0.636 bits per heavy atom. The lowest BCUT2D eigenvalue weighted by molar-refractivity contribution is 1.44. The Morgan fingerprint density at radius 3 is 1.23 bits per heavy atom. The predicted molar refractivity (Wildman–Crippen MR) is 92.8 cm³/mol. The van der Waals surface area contributed by atoms with Crippen LogP contribution in [0, 0.1) is 22.7 Å². The fraction of sp³-hybridized carbons (Fsp3) is 0.200. The van der Waals surface area contributed by atoms with Crippen LogP contribution in [0.4, 0.5) is 0 Å². The molecule has 0 aromatic heterocycles. The van der Waals surface area contributed by atoms with E-state index in [1.54, 1.807) is 0 Å². The zero-order valence-corrected chi connectivity index (χ0v) is 13.7. The van der Waals surface area contributed by atoms with Crippen molar-refractivity contribution < 1.29 is 0 Å². The smallest absolute Gasteiger partial charge is 0.138 e. The topological polar surface area (TPSA) is 47.6 Å². The van der Waals surface area contributed by atoms with Gasteiger partial charge in [-0.1, -0.05) is 88.4 Å². The van der Waals surface area contributed by atoms with Crippen LogP contribution in [0.2, 0.25) is 0 Å². The van der Waals surface area contributed by atoms with Crippen molar-refractivity contribution in [1.82, 2.24) is 0 Å². The summed E-state index contributed by atoms with van der Waals surface area (Å²) in [6.45, 7) is 8.00. The molecule has 0 bridgehead atoms. The molecule has 0 spiro atoms. The average Bonchev–Trinajstić information content (AvgIpc) is 2.64. The van der Waals surface area contributed by atoms with Gasteiger partial charge in [-0.2, -0.15) is 10.5 Å². The van der Waals surface area contributed by atoms with Crippen molar-refractivity contribution in [2.75, 3.05) is 0 Å². The minimum absolute atomic E-state index is 0.132. The molecular weight excluding hydrogens is 268 g/mol. The van der Waals surface area contributed by atoms with E-state index in [2.05, 4.69) is 0 Å². The third kappa shape index (κ3) is 5.27. The number of allylic oxidation sites excluding steroid dienone is 1. The first kappa shape index (κ1) is 19.2. The molecule has 0 heterocycles. The van der Waals surface area contributed by atoms with Crippen LogP contribution in [0.3, 0.4) is 0 Å². The van der Waals surface area contributed by atoms with Gasteiger partial charge in [-0.25, -0.2) is 0 Å². The lowest BCUT2D eigenvalue weighted by atomic mass is 9.94. The highest BCUT2D eigenvalue weighted by atomic mass is 14.3. The van der Waals surface area contributed by atoms with Crippen LogP contribution in [0.25, 0.3) is 5.57 Å². The molecule has 0 unspecified atom stereocenters. The van der Waals surface area contributed by atoms with Crippen molar-refractivity contribution >= 4 is 5.57 Å². The molecule has 2 aromatic rings. The number of rotatable bonds is 2.